The van der Waals surface area contributed by atoms with Crippen molar-refractivity contribution in [2.24, 2.45) is 0 Å². The van der Waals surface area contributed by atoms with Crippen LogP contribution >= 0.6 is 0 Å². The van der Waals surface area contributed by atoms with Crippen LogP contribution in [0.15, 0.2) is 55.0 Å². The number of pyridine rings is 2. The van der Waals surface area contributed by atoms with Crippen molar-refractivity contribution in [3.63, 3.8) is 0 Å². The number of benzene rings is 1. The summed E-state index contributed by atoms with van der Waals surface area (Å²) < 4.78 is 11.0. The van der Waals surface area contributed by atoms with Crippen molar-refractivity contribution < 1.29 is 14.6 Å². The number of ether oxygens (including phenoxy) is 2. The molecule has 1 saturated heterocycles. The molecule has 0 aliphatic carbocycles. The van der Waals surface area contributed by atoms with Gasteiger partial charge >= 0.3 is 0 Å². The third kappa shape index (κ3) is 6.22. The minimum Gasteiger partial charge on any atom is -0.491 e. The van der Waals surface area contributed by atoms with Gasteiger partial charge in [-0.25, -0.2) is 9.97 Å². The highest BCUT2D eigenvalue weighted by atomic mass is 16.5. The second-order valence-corrected chi connectivity index (χ2v) is 10.2. The number of nitriles is 1. The summed E-state index contributed by atoms with van der Waals surface area (Å²) >= 11 is 0. The monoisotopic (exact) mass is 525 g/mol. The summed E-state index contributed by atoms with van der Waals surface area (Å²) in [5.41, 5.74) is 2.76. The lowest BCUT2D eigenvalue weighted by Crippen LogP contribution is -2.46. The van der Waals surface area contributed by atoms with Crippen LogP contribution in [0.4, 0.5) is 5.82 Å². The van der Waals surface area contributed by atoms with E-state index in [0.29, 0.717) is 28.1 Å². The number of hydrogen-bond donors (Lipinski definition) is 1. The quantitative estimate of drug-likeness (QED) is 0.366. The largest absolute Gasteiger partial charge is 0.491 e. The molecule has 0 unspecified atom stereocenters. The van der Waals surface area contributed by atoms with Gasteiger partial charge in [0.25, 0.3) is 0 Å². The maximum atomic E-state index is 10.1. The van der Waals surface area contributed by atoms with Crippen LogP contribution in [0.3, 0.4) is 0 Å². The number of anilines is 1. The number of hydrogen-bond acceptors (Lipinski definition) is 10. The SMILES string of the molecule is COc1ccc(CN2CCN(c3ccc(-c4cc(OCC(C)(C)O)cc5nncc(C#N)c45)cn3)CC2)cn1. The Bertz CT molecular complexity index is 1470. The molecule has 200 valence electrons. The molecule has 1 aliphatic heterocycles. The molecule has 1 N–H and O–H groups in total. The van der Waals surface area contributed by atoms with E-state index in [9.17, 15) is 10.4 Å². The summed E-state index contributed by atoms with van der Waals surface area (Å²) in [5.74, 6) is 2.07. The minimum atomic E-state index is -0.992. The average molecular weight is 526 g/mol. The molecule has 39 heavy (non-hydrogen) atoms. The predicted octanol–water partition coefficient (Wildman–Crippen LogP) is 3.44. The highest BCUT2D eigenvalue weighted by Gasteiger charge is 2.20. The Balaban J connectivity index is 1.33. The van der Waals surface area contributed by atoms with E-state index in [4.69, 9.17) is 14.5 Å². The number of fused-ring (bicyclic) bond motifs is 1. The molecule has 0 atom stereocenters. The van der Waals surface area contributed by atoms with Gasteiger partial charge in [0.2, 0.25) is 5.88 Å². The Labute approximate surface area is 227 Å². The molecule has 0 amide bonds. The molecule has 10 nitrogen and oxygen atoms in total. The van der Waals surface area contributed by atoms with E-state index in [0.717, 1.165) is 55.2 Å². The fourth-order valence-electron chi connectivity index (χ4n) is 4.58. The normalized spacial score (nSPS) is 14.3. The average Bonchev–Trinajstić information content (AvgIpc) is 2.96. The van der Waals surface area contributed by atoms with Crippen LogP contribution in [0, 0.1) is 11.3 Å². The molecule has 3 aromatic heterocycles. The first kappa shape index (κ1) is 26.3. The molecule has 1 fully saturated rings. The fraction of sp³-hybridized carbons (Fsp3) is 0.345. The summed E-state index contributed by atoms with van der Waals surface area (Å²) in [6, 6.07) is 13.8. The second-order valence-electron chi connectivity index (χ2n) is 10.2. The third-order valence-electron chi connectivity index (χ3n) is 6.59. The molecule has 10 heteroatoms. The number of methoxy groups -OCH3 is 1. The van der Waals surface area contributed by atoms with Crippen LogP contribution in [0.2, 0.25) is 0 Å². The number of rotatable bonds is 8. The van der Waals surface area contributed by atoms with Gasteiger partial charge < -0.3 is 19.5 Å². The number of aliphatic hydroxyl groups is 1. The number of aromatic nitrogens is 4. The van der Waals surface area contributed by atoms with Crippen LogP contribution in [0.25, 0.3) is 22.0 Å². The lowest BCUT2D eigenvalue weighted by molar-refractivity contribution is 0.0285. The summed E-state index contributed by atoms with van der Waals surface area (Å²) in [4.78, 5) is 13.8. The lowest BCUT2D eigenvalue weighted by Gasteiger charge is -2.35. The van der Waals surface area contributed by atoms with Gasteiger partial charge in [-0.05, 0) is 43.2 Å². The first-order valence-electron chi connectivity index (χ1n) is 12.8. The van der Waals surface area contributed by atoms with E-state index in [1.165, 1.54) is 6.20 Å². The molecule has 0 bridgehead atoms. The molecule has 0 saturated carbocycles. The van der Waals surface area contributed by atoms with Crippen molar-refractivity contribution in [2.75, 3.05) is 44.8 Å². The van der Waals surface area contributed by atoms with Crippen LogP contribution in [-0.4, -0.2) is 75.7 Å². The van der Waals surface area contributed by atoms with Gasteiger partial charge in [-0.3, -0.25) is 4.90 Å². The summed E-state index contributed by atoms with van der Waals surface area (Å²) in [7, 11) is 1.62. The first-order valence-corrected chi connectivity index (χ1v) is 12.8. The molecule has 1 aromatic carbocycles. The Morgan fingerprint density at radius 2 is 1.85 bits per heavy atom. The van der Waals surface area contributed by atoms with Crippen molar-refractivity contribution in [1.82, 2.24) is 25.1 Å². The van der Waals surface area contributed by atoms with E-state index in [2.05, 4.69) is 37.1 Å². The molecular formula is C29H31N7O3. The number of piperazine rings is 1. The topological polar surface area (TPSA) is 121 Å². The van der Waals surface area contributed by atoms with Gasteiger partial charge in [0, 0.05) is 68.2 Å². The highest BCUT2D eigenvalue weighted by molar-refractivity contribution is 5.99. The molecule has 5 rings (SSSR count). The van der Waals surface area contributed by atoms with Crippen LogP contribution in [0.1, 0.15) is 25.0 Å². The zero-order valence-corrected chi connectivity index (χ0v) is 22.3. The molecule has 4 aromatic rings. The van der Waals surface area contributed by atoms with Gasteiger partial charge in [0.05, 0.1) is 30.0 Å². The van der Waals surface area contributed by atoms with E-state index in [1.54, 1.807) is 27.0 Å². The van der Waals surface area contributed by atoms with Gasteiger partial charge in [0.1, 0.15) is 24.2 Å². The Morgan fingerprint density at radius 3 is 2.49 bits per heavy atom. The number of nitrogens with zero attached hydrogens (tertiary/aromatic N) is 7. The zero-order chi connectivity index (χ0) is 27.4. The van der Waals surface area contributed by atoms with E-state index >= 15 is 0 Å². The molecule has 4 heterocycles. The maximum absolute atomic E-state index is 10.1. The van der Waals surface area contributed by atoms with Gasteiger partial charge in [0.15, 0.2) is 0 Å². The molecule has 1 aliphatic rings. The predicted molar refractivity (Wildman–Crippen MR) is 148 cm³/mol. The van der Waals surface area contributed by atoms with Crippen LogP contribution < -0.4 is 14.4 Å². The van der Waals surface area contributed by atoms with Gasteiger partial charge in [-0.15, -0.1) is 0 Å². The zero-order valence-electron chi connectivity index (χ0n) is 22.3. The molecule has 0 radical (unpaired) electrons. The summed E-state index contributed by atoms with van der Waals surface area (Å²) in [5, 5.41) is 28.7. The van der Waals surface area contributed by atoms with Gasteiger partial charge in [-0.2, -0.15) is 15.5 Å². The van der Waals surface area contributed by atoms with E-state index < -0.39 is 5.60 Å². The van der Waals surface area contributed by atoms with Crippen LogP contribution in [-0.2, 0) is 6.54 Å². The molecule has 0 spiro atoms. The summed E-state index contributed by atoms with van der Waals surface area (Å²) in [6.45, 7) is 7.90. The highest BCUT2D eigenvalue weighted by Crippen LogP contribution is 2.34. The minimum absolute atomic E-state index is 0.113. The van der Waals surface area contributed by atoms with Crippen molar-refractivity contribution in [3.8, 4) is 28.8 Å². The second kappa shape index (κ2) is 11.2. The third-order valence-corrected chi connectivity index (χ3v) is 6.59. The fourth-order valence-corrected chi connectivity index (χ4v) is 4.58. The smallest absolute Gasteiger partial charge is 0.212 e. The Morgan fingerprint density at radius 1 is 1.03 bits per heavy atom. The summed E-state index contributed by atoms with van der Waals surface area (Å²) in [6.07, 6.45) is 5.15. The first-order chi connectivity index (χ1) is 18.8. The maximum Gasteiger partial charge on any atom is 0.212 e. The van der Waals surface area contributed by atoms with Crippen molar-refractivity contribution in [2.45, 2.75) is 26.0 Å². The van der Waals surface area contributed by atoms with Crippen molar-refractivity contribution in [1.29, 1.82) is 5.26 Å². The Hall–Kier alpha value is -4.33. The van der Waals surface area contributed by atoms with E-state index in [1.807, 2.05) is 36.7 Å². The lowest BCUT2D eigenvalue weighted by atomic mass is 9.99. The van der Waals surface area contributed by atoms with Gasteiger partial charge in [-0.1, -0.05) is 6.07 Å². The standard InChI is InChI=1S/C29H31N7O3/c1-29(2,37)19-39-23-12-24(28-22(14-30)17-33-34-25(28)13-23)21-5-6-26(31-16-21)36-10-8-35(9-11-36)18-20-4-7-27(38-3)32-15-20/h4-7,12-13,15-17,37H,8-11,18-19H2,1-3H3. The molecular weight excluding hydrogens is 494 g/mol. The van der Waals surface area contributed by atoms with Crippen LogP contribution in [0.5, 0.6) is 11.6 Å². The van der Waals surface area contributed by atoms with Crippen molar-refractivity contribution in [3.05, 3.63) is 66.1 Å². The Kier molecular flexibility index (Phi) is 7.54. The van der Waals surface area contributed by atoms with Crippen molar-refractivity contribution >= 4 is 16.7 Å². The van der Waals surface area contributed by atoms with E-state index in [-0.39, 0.29) is 6.61 Å².